The highest BCUT2D eigenvalue weighted by atomic mass is 32.2. The van der Waals surface area contributed by atoms with E-state index in [-0.39, 0.29) is 29.3 Å². The first kappa shape index (κ1) is 16.5. The standard InChI is InChI=1S/C14H17N7O2S/c1-7-4-9-12(10(22)5-7)8(2)15-13(16-9)17-11(23)6-24-14-18-19-20-21(14)3/h7H,4-6H2,1-3H3,(H,15,16,17,23). The third kappa shape index (κ3) is 3.42. The summed E-state index contributed by atoms with van der Waals surface area (Å²) in [5.74, 6) is 0.446. The highest BCUT2D eigenvalue weighted by molar-refractivity contribution is 7.99. The van der Waals surface area contributed by atoms with E-state index in [1.165, 1.54) is 16.4 Å². The van der Waals surface area contributed by atoms with Gasteiger partial charge in [0.2, 0.25) is 17.0 Å². The van der Waals surface area contributed by atoms with E-state index in [1.54, 1.807) is 14.0 Å². The molecule has 126 valence electrons. The van der Waals surface area contributed by atoms with Crippen LogP contribution in [0.3, 0.4) is 0 Å². The molecule has 0 saturated carbocycles. The zero-order valence-electron chi connectivity index (χ0n) is 13.6. The summed E-state index contributed by atoms with van der Waals surface area (Å²) in [6.45, 7) is 3.78. The Balaban J connectivity index is 1.70. The minimum atomic E-state index is -0.252. The molecule has 1 atom stereocenters. The molecule has 2 aromatic heterocycles. The molecule has 0 spiro atoms. The lowest BCUT2D eigenvalue weighted by atomic mass is 9.86. The van der Waals surface area contributed by atoms with Gasteiger partial charge in [-0.05, 0) is 29.7 Å². The van der Waals surface area contributed by atoms with Crippen molar-refractivity contribution in [2.45, 2.75) is 31.8 Å². The fourth-order valence-corrected chi connectivity index (χ4v) is 3.30. The molecule has 24 heavy (non-hydrogen) atoms. The number of hydrogen-bond acceptors (Lipinski definition) is 8. The lowest BCUT2D eigenvalue weighted by Gasteiger charge is -2.21. The zero-order chi connectivity index (χ0) is 17.3. The van der Waals surface area contributed by atoms with Crippen molar-refractivity contribution in [1.29, 1.82) is 0 Å². The lowest BCUT2D eigenvalue weighted by molar-refractivity contribution is -0.113. The Morgan fingerprint density at radius 1 is 1.38 bits per heavy atom. The van der Waals surface area contributed by atoms with Crippen molar-refractivity contribution in [3.05, 3.63) is 17.0 Å². The van der Waals surface area contributed by atoms with Crippen molar-refractivity contribution in [1.82, 2.24) is 30.2 Å². The molecule has 1 unspecified atom stereocenters. The number of aryl methyl sites for hydroxylation is 2. The number of Topliss-reactive ketones (excluding diaryl/α,β-unsaturated/α-hetero) is 1. The van der Waals surface area contributed by atoms with Crippen LogP contribution in [-0.4, -0.2) is 47.6 Å². The summed E-state index contributed by atoms with van der Waals surface area (Å²) in [6.07, 6.45) is 1.23. The molecule has 1 aliphatic rings. The summed E-state index contributed by atoms with van der Waals surface area (Å²) < 4.78 is 1.49. The number of amides is 1. The average molecular weight is 347 g/mol. The number of fused-ring (bicyclic) bond motifs is 1. The maximum Gasteiger partial charge on any atom is 0.237 e. The first-order valence-electron chi connectivity index (χ1n) is 7.49. The van der Waals surface area contributed by atoms with Crippen molar-refractivity contribution >= 4 is 29.4 Å². The summed E-state index contributed by atoms with van der Waals surface area (Å²) in [7, 11) is 1.70. The predicted octanol–water partition coefficient (Wildman–Crippen LogP) is 0.804. The average Bonchev–Trinajstić information content (AvgIpc) is 2.89. The van der Waals surface area contributed by atoms with Crippen LogP contribution in [0.4, 0.5) is 5.95 Å². The van der Waals surface area contributed by atoms with Crippen LogP contribution in [0, 0.1) is 12.8 Å². The van der Waals surface area contributed by atoms with Crippen LogP contribution in [0.1, 0.15) is 35.1 Å². The minimum Gasteiger partial charge on any atom is -0.294 e. The number of anilines is 1. The fourth-order valence-electron chi connectivity index (χ4n) is 2.65. The summed E-state index contributed by atoms with van der Waals surface area (Å²) >= 11 is 1.22. The van der Waals surface area contributed by atoms with Crippen LogP contribution in [0.25, 0.3) is 0 Å². The smallest absolute Gasteiger partial charge is 0.237 e. The molecule has 0 aromatic carbocycles. The van der Waals surface area contributed by atoms with Gasteiger partial charge in [0, 0.05) is 13.5 Å². The number of nitrogens with zero attached hydrogens (tertiary/aromatic N) is 6. The molecule has 2 aromatic rings. The van der Waals surface area contributed by atoms with E-state index in [4.69, 9.17) is 0 Å². The Bertz CT molecular complexity index is 804. The zero-order valence-corrected chi connectivity index (χ0v) is 14.4. The van der Waals surface area contributed by atoms with Gasteiger partial charge in [-0.25, -0.2) is 14.6 Å². The van der Waals surface area contributed by atoms with Gasteiger partial charge >= 0.3 is 0 Å². The van der Waals surface area contributed by atoms with Crippen LogP contribution in [-0.2, 0) is 18.3 Å². The van der Waals surface area contributed by atoms with E-state index in [0.29, 0.717) is 34.9 Å². The van der Waals surface area contributed by atoms with Crippen LogP contribution < -0.4 is 5.32 Å². The molecular weight excluding hydrogens is 330 g/mol. The van der Waals surface area contributed by atoms with Crippen LogP contribution in [0.15, 0.2) is 5.16 Å². The highest BCUT2D eigenvalue weighted by Crippen LogP contribution is 2.26. The molecule has 3 rings (SSSR count). The second-order valence-electron chi connectivity index (χ2n) is 5.81. The van der Waals surface area contributed by atoms with E-state index in [1.807, 2.05) is 6.92 Å². The van der Waals surface area contributed by atoms with Gasteiger partial charge in [-0.15, -0.1) is 5.10 Å². The third-order valence-corrected chi connectivity index (χ3v) is 4.69. The van der Waals surface area contributed by atoms with E-state index < -0.39 is 0 Å². The van der Waals surface area contributed by atoms with Gasteiger partial charge in [-0.1, -0.05) is 18.7 Å². The van der Waals surface area contributed by atoms with Crippen LogP contribution >= 0.6 is 11.8 Å². The summed E-state index contributed by atoms with van der Waals surface area (Å²) in [4.78, 5) is 32.8. The van der Waals surface area contributed by atoms with Gasteiger partial charge in [-0.2, -0.15) is 0 Å². The second-order valence-corrected chi connectivity index (χ2v) is 6.76. The van der Waals surface area contributed by atoms with Gasteiger partial charge in [0.05, 0.1) is 22.7 Å². The molecule has 9 nitrogen and oxygen atoms in total. The molecule has 1 N–H and O–H groups in total. The Labute approximate surface area is 142 Å². The Morgan fingerprint density at radius 3 is 2.88 bits per heavy atom. The topological polar surface area (TPSA) is 116 Å². The molecule has 10 heteroatoms. The quantitative estimate of drug-likeness (QED) is 0.808. The van der Waals surface area contributed by atoms with Crippen LogP contribution in [0.2, 0.25) is 0 Å². The van der Waals surface area contributed by atoms with E-state index in [9.17, 15) is 9.59 Å². The van der Waals surface area contributed by atoms with Crippen molar-refractivity contribution in [3.8, 4) is 0 Å². The largest absolute Gasteiger partial charge is 0.294 e. The second kappa shape index (κ2) is 6.63. The van der Waals surface area contributed by atoms with Gasteiger partial charge in [0.25, 0.3) is 0 Å². The molecule has 0 saturated heterocycles. The number of carbonyl (C=O) groups is 2. The molecule has 0 fully saturated rings. The van der Waals surface area contributed by atoms with Gasteiger partial charge in [-0.3, -0.25) is 14.9 Å². The minimum absolute atomic E-state index is 0.0736. The van der Waals surface area contributed by atoms with Gasteiger partial charge in [0.15, 0.2) is 5.78 Å². The summed E-state index contributed by atoms with van der Waals surface area (Å²) in [5, 5.41) is 14.2. The first-order chi connectivity index (χ1) is 11.4. The monoisotopic (exact) mass is 347 g/mol. The molecule has 0 bridgehead atoms. The third-order valence-electron chi connectivity index (χ3n) is 3.68. The number of tetrazole rings is 1. The van der Waals surface area contributed by atoms with Crippen molar-refractivity contribution in [2.75, 3.05) is 11.1 Å². The molecule has 2 heterocycles. The van der Waals surface area contributed by atoms with E-state index in [0.717, 1.165) is 0 Å². The highest BCUT2D eigenvalue weighted by Gasteiger charge is 2.26. The molecule has 0 aliphatic heterocycles. The molecule has 1 aliphatic carbocycles. The Morgan fingerprint density at radius 2 is 2.17 bits per heavy atom. The SMILES string of the molecule is Cc1nc(NC(=O)CSc2nnnn2C)nc2c1C(=O)CC(C)C2. The fraction of sp³-hybridized carbons (Fsp3) is 0.500. The van der Waals surface area contributed by atoms with E-state index >= 15 is 0 Å². The maximum atomic E-state index is 12.1. The normalized spacial score (nSPS) is 16.8. The van der Waals surface area contributed by atoms with Gasteiger partial charge in [0.1, 0.15) is 0 Å². The number of rotatable bonds is 4. The number of thioether (sulfide) groups is 1. The predicted molar refractivity (Wildman–Crippen MR) is 86.7 cm³/mol. The molecule has 1 amide bonds. The van der Waals surface area contributed by atoms with Gasteiger partial charge < -0.3 is 0 Å². The van der Waals surface area contributed by atoms with Crippen LogP contribution in [0.5, 0.6) is 0 Å². The van der Waals surface area contributed by atoms with Crippen molar-refractivity contribution < 1.29 is 9.59 Å². The number of aromatic nitrogens is 6. The number of nitrogens with one attached hydrogen (secondary N) is 1. The number of hydrogen-bond donors (Lipinski definition) is 1. The first-order valence-corrected chi connectivity index (χ1v) is 8.48. The lowest BCUT2D eigenvalue weighted by Crippen LogP contribution is -2.24. The molecule has 0 radical (unpaired) electrons. The summed E-state index contributed by atoms with van der Waals surface area (Å²) in [6, 6.07) is 0. The summed E-state index contributed by atoms with van der Waals surface area (Å²) in [5.41, 5.74) is 1.93. The van der Waals surface area contributed by atoms with Crippen molar-refractivity contribution in [3.63, 3.8) is 0 Å². The Kier molecular flexibility index (Phi) is 4.56. The number of carbonyl (C=O) groups excluding carboxylic acids is 2. The van der Waals surface area contributed by atoms with E-state index in [2.05, 4.69) is 30.8 Å². The van der Waals surface area contributed by atoms with Crippen molar-refractivity contribution in [2.24, 2.45) is 13.0 Å². The Hall–Kier alpha value is -2.36. The number of ketones is 1. The molecular formula is C14H17N7O2S. The maximum absolute atomic E-state index is 12.1.